The van der Waals surface area contributed by atoms with Gasteiger partial charge in [0.05, 0.1) is 38.2 Å². The molecular formula is C47H56FN11O15P2S. The van der Waals surface area contributed by atoms with E-state index in [0.29, 0.717) is 30.4 Å². The predicted molar refractivity (Wildman–Crippen MR) is 271 cm³/mol. The van der Waals surface area contributed by atoms with E-state index in [-0.39, 0.29) is 95.4 Å². The largest absolute Gasteiger partial charge is 0.472 e. The second-order valence-electron chi connectivity index (χ2n) is 19.3. The van der Waals surface area contributed by atoms with Gasteiger partial charge in [0.25, 0.3) is 17.4 Å². The van der Waals surface area contributed by atoms with Gasteiger partial charge in [-0.2, -0.15) is 0 Å². The molecule has 0 saturated carbocycles. The number of aromatic amines is 1. The number of nitrogens with two attached hydrogens (primary N) is 1. The Kier molecular flexibility index (Phi) is 17.1. The van der Waals surface area contributed by atoms with Gasteiger partial charge in [0.2, 0.25) is 5.91 Å². The monoisotopic (exact) mass is 1130 g/mol. The van der Waals surface area contributed by atoms with Crippen molar-refractivity contribution < 1.29 is 70.0 Å². The first-order valence-electron chi connectivity index (χ1n) is 24.7. The first-order valence-corrected chi connectivity index (χ1v) is 29.4. The number of ketones is 2. The molecule has 26 nitrogen and oxygen atoms in total. The molecule has 5 N–H and O–H groups in total. The van der Waals surface area contributed by atoms with Crippen LogP contribution in [0, 0.1) is 11.8 Å². The Morgan fingerprint density at radius 3 is 2.32 bits per heavy atom. The van der Waals surface area contributed by atoms with Crippen LogP contribution in [0.5, 0.6) is 0 Å². The number of nitrogens with zero attached hydrogens (tertiary/aromatic N) is 8. The van der Waals surface area contributed by atoms with E-state index >= 15 is 8.96 Å². The maximum atomic E-state index is 16.6. The van der Waals surface area contributed by atoms with E-state index in [0.717, 1.165) is 22.6 Å². The Morgan fingerprint density at radius 2 is 1.57 bits per heavy atom. The van der Waals surface area contributed by atoms with Gasteiger partial charge in [-0.15, -0.1) is 0 Å². The maximum absolute atomic E-state index is 16.6. The van der Waals surface area contributed by atoms with E-state index in [4.69, 9.17) is 33.3 Å². The summed E-state index contributed by atoms with van der Waals surface area (Å²) in [6.45, 7) is -0.250. The van der Waals surface area contributed by atoms with Crippen LogP contribution in [0.4, 0.5) is 10.2 Å². The number of H-pyrrole nitrogens is 1. The Balaban J connectivity index is 0.848. The number of phosphoric acid groups is 1. The van der Waals surface area contributed by atoms with Crippen molar-refractivity contribution >= 4 is 83.4 Å². The predicted octanol–water partition coefficient (Wildman–Crippen LogP) is 4.36. The number of halogens is 1. The molecule has 5 aromatic rings. The topological polar surface area (TPSA) is 344 Å². The number of hydrogen-bond acceptors (Lipinski definition) is 21. The van der Waals surface area contributed by atoms with Crippen LogP contribution >= 0.6 is 26.0 Å². The van der Waals surface area contributed by atoms with E-state index in [2.05, 4.69) is 35.2 Å². The quantitative estimate of drug-likeness (QED) is 0.0507. The van der Waals surface area contributed by atoms with Crippen LogP contribution < -0.4 is 16.6 Å². The summed E-state index contributed by atoms with van der Waals surface area (Å²) >= 11 is 0.777. The van der Waals surface area contributed by atoms with Crippen molar-refractivity contribution in [2.45, 2.75) is 121 Å². The number of aromatic nitrogens is 8. The van der Waals surface area contributed by atoms with Crippen LogP contribution in [0.3, 0.4) is 0 Å². The number of alkyl halides is 1. The number of benzene rings is 1. The average molecular weight is 1130 g/mol. The summed E-state index contributed by atoms with van der Waals surface area (Å²) in [5, 5.41) is 2.78. The Hall–Kier alpha value is -5.93. The molecule has 0 spiro atoms. The summed E-state index contributed by atoms with van der Waals surface area (Å²) in [5.41, 5.74) is 7.06. The molecule has 3 amide bonds. The van der Waals surface area contributed by atoms with Gasteiger partial charge in [0.1, 0.15) is 48.3 Å². The molecule has 30 heteroatoms. The molecule has 77 heavy (non-hydrogen) atoms. The smallest absolute Gasteiger partial charge is 0.382 e. The number of fused-ring (bicyclic) bond motifs is 4. The average Bonchev–Trinajstić information content (AvgIpc) is 4.24. The van der Waals surface area contributed by atoms with Crippen LogP contribution in [-0.2, 0) is 72.8 Å². The SMILES string of the molecule is CC(C)[C@H](CC(=O)CCCCCN1C(=O)C=CC1=O)C(=O)N[C@@H](C)C(=O)Cc1ccc(CSP2(=O)OC[C@H]3O[C@@H](n4cnc5c(N)ncnc54)[C@H](F)[C@@H]3OP(=O)(O)OC[C@H]3O[C@@H](n4cnc5c(=O)[nH]cnc54)C[C@@H]3O2)cc1. The second-order valence-corrected chi connectivity index (χ2v) is 24.7. The first kappa shape index (κ1) is 55.8. The molecule has 4 aliphatic rings. The zero-order valence-corrected chi connectivity index (χ0v) is 44.4. The molecule has 412 valence electrons. The number of imidazole rings is 2. The fraction of sp³-hybridized carbons (Fsp3) is 0.511. The Bertz CT molecular complexity index is 3210. The highest BCUT2D eigenvalue weighted by Gasteiger charge is 2.53. The summed E-state index contributed by atoms with van der Waals surface area (Å²) < 4.78 is 83.4. The van der Waals surface area contributed by atoms with E-state index in [9.17, 15) is 38.2 Å². The minimum Gasteiger partial charge on any atom is -0.382 e. The normalized spacial score (nSPS) is 27.6. The molecule has 11 atom stereocenters. The van der Waals surface area contributed by atoms with Crippen molar-refractivity contribution in [2.24, 2.45) is 11.8 Å². The highest BCUT2D eigenvalue weighted by atomic mass is 32.7. The first-order chi connectivity index (χ1) is 36.8. The number of phosphoric ester groups is 1. The number of nitrogens with one attached hydrogen (secondary N) is 2. The zero-order valence-electron chi connectivity index (χ0n) is 41.8. The molecular weight excluding hydrogens is 1070 g/mol. The summed E-state index contributed by atoms with van der Waals surface area (Å²) in [4.78, 5) is 111. The van der Waals surface area contributed by atoms with Gasteiger partial charge >= 0.3 is 14.6 Å². The number of imide groups is 1. The van der Waals surface area contributed by atoms with E-state index in [1.807, 2.05) is 13.8 Å². The Morgan fingerprint density at radius 1 is 0.870 bits per heavy atom. The molecule has 4 aliphatic heterocycles. The third kappa shape index (κ3) is 12.8. The lowest BCUT2D eigenvalue weighted by Gasteiger charge is -2.28. The van der Waals surface area contributed by atoms with E-state index in [1.54, 1.807) is 31.2 Å². The van der Waals surface area contributed by atoms with Crippen molar-refractivity contribution in [1.29, 1.82) is 0 Å². The molecule has 0 radical (unpaired) electrons. The number of hydrogen-bond donors (Lipinski definition) is 4. The summed E-state index contributed by atoms with van der Waals surface area (Å²) in [7, 11) is -5.11. The third-order valence-electron chi connectivity index (χ3n) is 13.6. The van der Waals surface area contributed by atoms with Gasteiger partial charge in [0.15, 0.2) is 40.8 Å². The molecule has 9 rings (SSSR count). The molecule has 0 bridgehead atoms. The van der Waals surface area contributed by atoms with Crippen molar-refractivity contribution in [2.75, 3.05) is 25.5 Å². The van der Waals surface area contributed by atoms with E-state index < -0.39 is 94.3 Å². The maximum Gasteiger partial charge on any atom is 0.472 e. The lowest BCUT2D eigenvalue weighted by atomic mass is 9.88. The lowest BCUT2D eigenvalue weighted by molar-refractivity contribution is -0.137. The fourth-order valence-electron chi connectivity index (χ4n) is 9.28. The highest BCUT2D eigenvalue weighted by Crippen LogP contribution is 2.64. The number of nitrogen functional groups attached to an aromatic ring is 1. The van der Waals surface area contributed by atoms with Gasteiger partial charge in [-0.1, -0.05) is 44.5 Å². The minimum absolute atomic E-state index is 0.00113. The van der Waals surface area contributed by atoms with Crippen molar-refractivity contribution in [3.63, 3.8) is 0 Å². The van der Waals surface area contributed by atoms with Crippen LogP contribution in [0.25, 0.3) is 22.3 Å². The van der Waals surface area contributed by atoms with Crippen LogP contribution in [0.1, 0.15) is 82.9 Å². The number of carbonyl (C=O) groups excluding carboxylic acids is 5. The van der Waals surface area contributed by atoms with Crippen molar-refractivity contribution in [3.8, 4) is 0 Å². The summed E-state index contributed by atoms with van der Waals surface area (Å²) in [6.07, 6.45) is -1.27. The zero-order chi connectivity index (χ0) is 54.8. The van der Waals surface area contributed by atoms with Gasteiger partial charge in [-0.3, -0.25) is 60.9 Å². The van der Waals surface area contributed by atoms with Crippen LogP contribution in [0.2, 0.25) is 0 Å². The standard InChI is InChI=1S/C47H56FN11O15P2S/c1-25(2)30(16-29(60)7-5-4-6-14-57-35(62)12-13-36(57)63)45(64)56-26(3)31(61)15-27-8-10-28(11-9-27)20-77-76(68)70-19-34-41(38(48)47(72-34)59-24-54-39-42(49)50-21-51-43(39)59)74-75(66,67)69-18-33-32(73-76)17-37(71-33)58-23-55-40-44(58)52-22-53-46(40)65/h8-13,21-26,30,32-34,37-38,41,47H,4-7,14-20H2,1-3H3,(H,56,64)(H,66,67)(H2,49,50,51)(H,52,53,65)/t26-,30-,32-,33+,34+,37+,38+,41+,47+,76?/m0/s1. The lowest BCUT2D eigenvalue weighted by Crippen LogP contribution is -2.44. The molecule has 4 aromatic heterocycles. The number of unbranched alkanes of at least 4 members (excludes halogenated alkanes) is 2. The van der Waals surface area contributed by atoms with Crippen LogP contribution in [0.15, 0.2) is 66.5 Å². The molecule has 1 aromatic carbocycles. The Labute approximate surface area is 442 Å². The number of carbonyl (C=O) groups is 5. The summed E-state index contributed by atoms with van der Waals surface area (Å²) in [5.74, 6) is -2.35. The van der Waals surface area contributed by atoms with Gasteiger partial charge in [-0.25, -0.2) is 38.4 Å². The third-order valence-corrected chi connectivity index (χ3v) is 18.2. The number of amides is 3. The van der Waals surface area contributed by atoms with Gasteiger partial charge in [0, 0.05) is 56.1 Å². The van der Waals surface area contributed by atoms with Crippen molar-refractivity contribution in [1.82, 2.24) is 49.3 Å². The number of rotatable bonds is 19. The minimum atomic E-state index is -5.11. The molecule has 0 aliphatic carbocycles. The molecule has 2 unspecified atom stereocenters. The molecule has 8 heterocycles. The second kappa shape index (κ2) is 23.6. The molecule has 3 fully saturated rings. The van der Waals surface area contributed by atoms with E-state index in [1.165, 1.54) is 40.3 Å². The van der Waals surface area contributed by atoms with Gasteiger partial charge < -0.3 is 30.4 Å². The van der Waals surface area contributed by atoms with Crippen LogP contribution in [-0.4, -0.2) is 135 Å². The highest BCUT2D eigenvalue weighted by molar-refractivity contribution is 8.54. The number of Topliss-reactive ketones (excluding diaryl/α,β-unsaturated/α-hetero) is 2. The molecule has 3 saturated heterocycles. The van der Waals surface area contributed by atoms with Crippen molar-refractivity contribution in [3.05, 3.63) is 83.2 Å². The fourth-order valence-corrected chi connectivity index (χ4v) is 13.7. The number of anilines is 1. The van der Waals surface area contributed by atoms with Gasteiger partial charge in [-0.05, 0) is 48.2 Å². The summed E-state index contributed by atoms with van der Waals surface area (Å²) in [6, 6.07) is 5.94. The number of ether oxygens (including phenoxy) is 2.